The maximum absolute atomic E-state index is 8.35. The number of isocyanates is 1. The highest BCUT2D eigenvalue weighted by Crippen LogP contribution is 2.18. The van der Waals surface area contributed by atoms with E-state index in [9.17, 15) is 0 Å². The molecule has 0 aromatic rings. The summed E-state index contributed by atoms with van der Waals surface area (Å²) in [6.45, 7) is 0. The molecule has 0 saturated carbocycles. The average molecular weight is 304 g/mol. The van der Waals surface area contributed by atoms with Gasteiger partial charge >= 0.3 is 0 Å². The van der Waals surface area contributed by atoms with Gasteiger partial charge in [-0.15, -0.1) is 0 Å². The maximum Gasteiger partial charge on any atom is 0.231 e. The molecule has 0 fully saturated rings. The molecule has 0 aliphatic carbocycles. The van der Waals surface area contributed by atoms with Gasteiger partial charge in [0.25, 0.3) is 0 Å². The van der Waals surface area contributed by atoms with Gasteiger partial charge in [-0.3, -0.25) is 0 Å². The Hall–Kier alpha value is 1.13. The van der Waals surface area contributed by atoms with Crippen LogP contribution >= 0.6 is 61.4 Å². The van der Waals surface area contributed by atoms with Crippen molar-refractivity contribution < 1.29 is 4.79 Å². The summed E-state index contributed by atoms with van der Waals surface area (Å²) in [7, 11) is 0. The number of thioether (sulfide) groups is 2. The predicted octanol–water partition coefficient (Wildman–Crippen LogP) is 2.51. The SMILES string of the molecule is N=C=O.SCCSCC(CS)SCCS. The van der Waals surface area contributed by atoms with Gasteiger partial charge in [0.15, 0.2) is 0 Å². The van der Waals surface area contributed by atoms with Crippen LogP contribution in [-0.2, 0) is 4.79 Å². The minimum absolute atomic E-state index is 0.686. The standard InChI is InChI=1S/C7H16S5.CHNO/c8-1-3-11-6-7(5-10)12-4-2-9;2-1-3/h7-10H,1-6H2;2H. The van der Waals surface area contributed by atoms with Crippen molar-refractivity contribution in [3.8, 4) is 0 Å². The molecule has 1 atom stereocenters. The molecule has 0 rings (SSSR count). The van der Waals surface area contributed by atoms with E-state index in [1.165, 1.54) is 5.75 Å². The van der Waals surface area contributed by atoms with E-state index in [0.717, 1.165) is 34.8 Å². The maximum atomic E-state index is 8.35. The van der Waals surface area contributed by atoms with E-state index in [1.807, 2.05) is 23.5 Å². The molecule has 0 radical (unpaired) electrons. The van der Waals surface area contributed by atoms with Crippen molar-refractivity contribution >= 4 is 67.5 Å². The van der Waals surface area contributed by atoms with Crippen LogP contribution < -0.4 is 0 Å². The molecular weight excluding hydrogens is 286 g/mol. The Morgan fingerprint density at radius 2 is 1.73 bits per heavy atom. The molecule has 1 N–H and O–H groups in total. The molecule has 0 spiro atoms. The molecule has 0 aromatic heterocycles. The number of thiol groups is 3. The Morgan fingerprint density at radius 3 is 2.13 bits per heavy atom. The zero-order valence-corrected chi connectivity index (χ0v) is 12.7. The summed E-state index contributed by atoms with van der Waals surface area (Å²) in [6.07, 6.45) is 0.750. The number of nitrogens with one attached hydrogen (secondary N) is 1. The first kappa shape index (κ1) is 18.5. The van der Waals surface area contributed by atoms with Gasteiger partial charge in [-0.1, -0.05) is 0 Å². The first-order valence-corrected chi connectivity index (χ1v) is 8.42. The Balaban J connectivity index is 0. The van der Waals surface area contributed by atoms with Crippen molar-refractivity contribution in [2.75, 3.05) is 34.5 Å². The van der Waals surface area contributed by atoms with E-state index in [0.29, 0.717) is 5.25 Å². The lowest BCUT2D eigenvalue weighted by Crippen LogP contribution is -2.10. The Kier molecular flexibility index (Phi) is 21.6. The molecule has 90 valence electrons. The van der Waals surface area contributed by atoms with Gasteiger partial charge in [-0.05, 0) is 11.5 Å². The average Bonchev–Trinajstić information content (AvgIpc) is 2.24. The molecule has 1 unspecified atom stereocenters. The van der Waals surface area contributed by atoms with Crippen molar-refractivity contribution in [1.82, 2.24) is 0 Å². The highest BCUT2D eigenvalue weighted by Gasteiger charge is 2.05. The number of hydrogen-bond acceptors (Lipinski definition) is 7. The monoisotopic (exact) mass is 303 g/mol. The molecule has 0 amide bonds. The lowest BCUT2D eigenvalue weighted by Gasteiger charge is -2.12. The largest absolute Gasteiger partial charge is 0.231 e. The van der Waals surface area contributed by atoms with E-state index in [1.54, 1.807) is 0 Å². The van der Waals surface area contributed by atoms with Gasteiger partial charge in [0, 0.05) is 28.3 Å². The van der Waals surface area contributed by atoms with Crippen LogP contribution in [0.5, 0.6) is 0 Å². The lowest BCUT2D eigenvalue weighted by molar-refractivity contribution is 0.563. The molecule has 2 nitrogen and oxygen atoms in total. The third-order valence-corrected chi connectivity index (χ3v) is 5.51. The first-order valence-electron chi connectivity index (χ1n) is 4.32. The van der Waals surface area contributed by atoms with Gasteiger partial charge in [0.2, 0.25) is 6.08 Å². The minimum Gasteiger partial charge on any atom is -0.222 e. The van der Waals surface area contributed by atoms with E-state index in [-0.39, 0.29) is 0 Å². The molecule has 0 aliphatic heterocycles. The van der Waals surface area contributed by atoms with Gasteiger partial charge in [0.1, 0.15) is 0 Å². The fourth-order valence-electron chi connectivity index (χ4n) is 0.652. The Morgan fingerprint density at radius 1 is 1.20 bits per heavy atom. The molecule has 0 saturated heterocycles. The van der Waals surface area contributed by atoms with Crippen LogP contribution in [0.2, 0.25) is 0 Å². The van der Waals surface area contributed by atoms with Gasteiger partial charge in [0.05, 0.1) is 0 Å². The molecular formula is C8H17NOS5. The quantitative estimate of drug-likeness (QED) is 0.241. The second kappa shape index (κ2) is 17.5. The van der Waals surface area contributed by atoms with Gasteiger partial charge in [-0.2, -0.15) is 61.4 Å². The number of hydrogen-bond donors (Lipinski definition) is 4. The second-order valence-corrected chi connectivity index (χ2v) is 6.12. The second-order valence-electron chi connectivity index (χ2n) is 2.30. The summed E-state index contributed by atoms with van der Waals surface area (Å²) in [5.41, 5.74) is 0. The lowest BCUT2D eigenvalue weighted by atomic mass is 10.5. The number of rotatable bonds is 8. The van der Waals surface area contributed by atoms with E-state index < -0.39 is 0 Å². The molecule has 0 aromatic carbocycles. The Labute approximate surface area is 117 Å². The molecule has 0 heterocycles. The summed E-state index contributed by atoms with van der Waals surface area (Å²) >= 11 is 16.6. The molecule has 15 heavy (non-hydrogen) atoms. The van der Waals surface area contributed by atoms with Gasteiger partial charge < -0.3 is 0 Å². The molecule has 0 bridgehead atoms. The smallest absolute Gasteiger partial charge is 0.222 e. The zero-order valence-electron chi connectivity index (χ0n) is 8.39. The van der Waals surface area contributed by atoms with Crippen LogP contribution in [0.1, 0.15) is 0 Å². The van der Waals surface area contributed by atoms with Crippen molar-refractivity contribution in [2.45, 2.75) is 5.25 Å². The van der Waals surface area contributed by atoms with E-state index in [4.69, 9.17) is 10.2 Å². The van der Waals surface area contributed by atoms with Crippen LogP contribution in [0.25, 0.3) is 0 Å². The molecule has 0 aliphatic rings. The zero-order chi connectivity index (χ0) is 11.9. The fourth-order valence-corrected chi connectivity index (χ4v) is 3.87. The van der Waals surface area contributed by atoms with Gasteiger partial charge in [-0.25, -0.2) is 10.2 Å². The van der Waals surface area contributed by atoms with Crippen molar-refractivity contribution in [2.24, 2.45) is 0 Å². The van der Waals surface area contributed by atoms with Crippen LogP contribution in [0.3, 0.4) is 0 Å². The summed E-state index contributed by atoms with van der Waals surface area (Å²) < 4.78 is 0. The summed E-state index contributed by atoms with van der Waals surface area (Å²) in [5.74, 6) is 6.39. The van der Waals surface area contributed by atoms with Crippen LogP contribution in [0.15, 0.2) is 0 Å². The minimum atomic E-state index is 0.686. The number of carbonyl (C=O) groups excluding carboxylic acids is 1. The molecule has 7 heteroatoms. The van der Waals surface area contributed by atoms with E-state index >= 15 is 0 Å². The summed E-state index contributed by atoms with van der Waals surface area (Å²) in [6, 6.07) is 0. The first-order chi connectivity index (χ1) is 7.26. The predicted molar refractivity (Wildman–Crippen MR) is 83.5 cm³/mol. The fraction of sp³-hybridized carbons (Fsp3) is 0.875. The van der Waals surface area contributed by atoms with Crippen molar-refractivity contribution in [1.29, 1.82) is 5.41 Å². The third-order valence-electron chi connectivity index (χ3n) is 1.19. The summed E-state index contributed by atoms with van der Waals surface area (Å²) in [4.78, 5) is 8.35. The van der Waals surface area contributed by atoms with E-state index in [2.05, 4.69) is 37.9 Å². The Bertz CT molecular complexity index is 152. The van der Waals surface area contributed by atoms with Crippen molar-refractivity contribution in [3.05, 3.63) is 0 Å². The normalized spacial score (nSPS) is 11.1. The summed E-state index contributed by atoms with van der Waals surface area (Å²) in [5, 5.41) is 6.09. The highest BCUT2D eigenvalue weighted by atomic mass is 32.2. The highest BCUT2D eigenvalue weighted by molar-refractivity contribution is 8.04. The van der Waals surface area contributed by atoms with Crippen LogP contribution in [-0.4, -0.2) is 45.8 Å². The van der Waals surface area contributed by atoms with Crippen LogP contribution in [0, 0.1) is 5.41 Å². The van der Waals surface area contributed by atoms with Crippen molar-refractivity contribution in [3.63, 3.8) is 0 Å². The van der Waals surface area contributed by atoms with Crippen LogP contribution in [0.4, 0.5) is 0 Å². The topological polar surface area (TPSA) is 40.9 Å². The third kappa shape index (κ3) is 17.7.